The topological polar surface area (TPSA) is 93.7 Å². The van der Waals surface area contributed by atoms with Crippen molar-refractivity contribution in [2.75, 3.05) is 26.3 Å². The van der Waals surface area contributed by atoms with Gasteiger partial charge in [-0.1, -0.05) is 35.3 Å². The molecule has 0 saturated carbocycles. The van der Waals surface area contributed by atoms with Crippen molar-refractivity contribution in [2.24, 2.45) is 0 Å². The molecule has 0 heterocycles. The van der Waals surface area contributed by atoms with Gasteiger partial charge in [0, 0.05) is 5.02 Å². The van der Waals surface area contributed by atoms with E-state index in [0.29, 0.717) is 10.8 Å². The third-order valence-electron chi connectivity index (χ3n) is 3.62. The van der Waals surface area contributed by atoms with Crippen LogP contribution >= 0.6 is 23.2 Å². The van der Waals surface area contributed by atoms with Crippen molar-refractivity contribution in [1.29, 1.82) is 0 Å². The summed E-state index contributed by atoms with van der Waals surface area (Å²) in [6.07, 6.45) is 0. The molecule has 0 saturated heterocycles. The zero-order valence-corrected chi connectivity index (χ0v) is 17.2. The van der Waals surface area contributed by atoms with Gasteiger partial charge in [0.2, 0.25) is 0 Å². The molecule has 0 bridgehead atoms. The number of aryl methyl sites for hydroxylation is 1. The van der Waals surface area contributed by atoms with Gasteiger partial charge in [0.25, 0.3) is 11.8 Å². The Hall–Kier alpha value is -2.77. The number of esters is 1. The highest BCUT2D eigenvalue weighted by Crippen LogP contribution is 2.20. The Balaban J connectivity index is 1.61. The summed E-state index contributed by atoms with van der Waals surface area (Å²) >= 11 is 11.7. The van der Waals surface area contributed by atoms with E-state index in [1.54, 1.807) is 0 Å². The number of halogens is 2. The number of hydrogen-bond acceptors (Lipinski definition) is 5. The van der Waals surface area contributed by atoms with Gasteiger partial charge in [-0.15, -0.1) is 0 Å². The quantitative estimate of drug-likeness (QED) is 0.463. The predicted octanol–water partition coefficient (Wildman–Crippen LogP) is 2.77. The van der Waals surface area contributed by atoms with Crippen LogP contribution in [-0.4, -0.2) is 44.1 Å². The minimum atomic E-state index is -0.755. The second-order valence-corrected chi connectivity index (χ2v) is 6.83. The minimum Gasteiger partial charge on any atom is -0.492 e. The van der Waals surface area contributed by atoms with E-state index >= 15 is 0 Å². The molecule has 0 radical (unpaired) electrons. The van der Waals surface area contributed by atoms with E-state index in [4.69, 9.17) is 32.7 Å². The van der Waals surface area contributed by atoms with Crippen LogP contribution in [0.2, 0.25) is 10.0 Å². The van der Waals surface area contributed by atoms with Crippen molar-refractivity contribution in [3.63, 3.8) is 0 Å². The average Bonchev–Trinajstić information content (AvgIpc) is 2.68. The second kappa shape index (κ2) is 11.3. The number of carbonyl (C=O) groups is 3. The zero-order chi connectivity index (χ0) is 21.2. The van der Waals surface area contributed by atoms with Gasteiger partial charge in [0.1, 0.15) is 18.9 Å². The van der Waals surface area contributed by atoms with Crippen LogP contribution in [0, 0.1) is 6.92 Å². The van der Waals surface area contributed by atoms with E-state index in [2.05, 4.69) is 10.6 Å². The first-order valence-electron chi connectivity index (χ1n) is 8.70. The molecule has 9 heteroatoms. The van der Waals surface area contributed by atoms with Crippen molar-refractivity contribution >= 4 is 41.0 Å². The zero-order valence-electron chi connectivity index (χ0n) is 15.7. The maximum Gasteiger partial charge on any atom is 0.325 e. The average molecular weight is 439 g/mol. The number of carbonyl (C=O) groups excluding carboxylic acids is 3. The summed E-state index contributed by atoms with van der Waals surface area (Å²) in [5.41, 5.74) is 1.25. The fraction of sp³-hybridized carbons (Fsp3) is 0.250. The van der Waals surface area contributed by atoms with Crippen molar-refractivity contribution in [2.45, 2.75) is 6.92 Å². The molecule has 0 aromatic heterocycles. The maximum atomic E-state index is 12.0. The summed E-state index contributed by atoms with van der Waals surface area (Å²) in [7, 11) is 0. The first kappa shape index (κ1) is 22.5. The van der Waals surface area contributed by atoms with Crippen LogP contribution in [-0.2, 0) is 14.3 Å². The number of benzene rings is 2. The lowest BCUT2D eigenvalue weighted by Crippen LogP contribution is -2.35. The van der Waals surface area contributed by atoms with Crippen molar-refractivity contribution < 1.29 is 23.9 Å². The first-order valence-corrected chi connectivity index (χ1v) is 9.46. The highest BCUT2D eigenvalue weighted by atomic mass is 35.5. The molecule has 2 rings (SSSR count). The summed E-state index contributed by atoms with van der Waals surface area (Å²) in [5, 5.41) is 5.49. The highest BCUT2D eigenvalue weighted by Gasteiger charge is 2.13. The molecule has 0 spiro atoms. The lowest BCUT2D eigenvalue weighted by Gasteiger charge is -2.09. The summed E-state index contributed by atoms with van der Waals surface area (Å²) in [5.74, 6) is -1.07. The highest BCUT2D eigenvalue weighted by molar-refractivity contribution is 6.36. The summed E-state index contributed by atoms with van der Waals surface area (Å²) in [4.78, 5) is 35.4. The Bertz CT molecular complexity index is 889. The van der Waals surface area contributed by atoms with Crippen molar-refractivity contribution in [1.82, 2.24) is 10.6 Å². The Morgan fingerprint density at radius 3 is 2.55 bits per heavy atom. The molecule has 154 valence electrons. The van der Waals surface area contributed by atoms with Crippen LogP contribution in [0.1, 0.15) is 15.9 Å². The van der Waals surface area contributed by atoms with Crippen molar-refractivity contribution in [3.05, 3.63) is 63.6 Å². The number of hydrogen-bond donors (Lipinski definition) is 2. The van der Waals surface area contributed by atoms with E-state index in [0.717, 1.165) is 5.56 Å². The summed E-state index contributed by atoms with van der Waals surface area (Å²) in [6, 6.07) is 11.9. The van der Waals surface area contributed by atoms with E-state index < -0.39 is 30.9 Å². The molecule has 0 aliphatic heterocycles. The van der Waals surface area contributed by atoms with Crippen LogP contribution in [0.3, 0.4) is 0 Å². The Morgan fingerprint density at radius 1 is 1.03 bits per heavy atom. The molecule has 7 nitrogen and oxygen atoms in total. The van der Waals surface area contributed by atoms with Gasteiger partial charge in [-0.05, 0) is 42.8 Å². The Kier molecular flexibility index (Phi) is 8.76. The van der Waals surface area contributed by atoms with Gasteiger partial charge in [0.05, 0.1) is 17.1 Å². The van der Waals surface area contributed by atoms with Crippen LogP contribution in [0.5, 0.6) is 5.75 Å². The van der Waals surface area contributed by atoms with Crippen LogP contribution in [0.15, 0.2) is 42.5 Å². The molecule has 2 N–H and O–H groups in total. The molecule has 0 aliphatic rings. The SMILES string of the molecule is Cc1cccc(OCCNC(=O)COC(=O)CNC(=O)c2ccc(Cl)cc2Cl)c1. The normalized spacial score (nSPS) is 10.2. The molecule has 0 aliphatic carbocycles. The maximum absolute atomic E-state index is 12.0. The fourth-order valence-corrected chi connectivity index (χ4v) is 2.73. The predicted molar refractivity (Wildman–Crippen MR) is 109 cm³/mol. The van der Waals surface area contributed by atoms with Crippen LogP contribution in [0.25, 0.3) is 0 Å². The summed E-state index contributed by atoms with van der Waals surface area (Å²) < 4.78 is 10.3. The molecule has 0 unspecified atom stereocenters. The lowest BCUT2D eigenvalue weighted by molar-refractivity contribution is -0.147. The van der Waals surface area contributed by atoms with Gasteiger partial charge in [0.15, 0.2) is 6.61 Å². The molecule has 2 aromatic rings. The second-order valence-electron chi connectivity index (χ2n) is 5.98. The summed E-state index contributed by atoms with van der Waals surface area (Å²) in [6.45, 7) is 1.63. The molecular weight excluding hydrogens is 419 g/mol. The number of amides is 2. The molecule has 2 amide bonds. The largest absolute Gasteiger partial charge is 0.492 e. The molecule has 0 atom stereocenters. The van der Waals surface area contributed by atoms with Gasteiger partial charge < -0.3 is 20.1 Å². The van der Waals surface area contributed by atoms with E-state index in [9.17, 15) is 14.4 Å². The van der Waals surface area contributed by atoms with E-state index in [1.807, 2.05) is 31.2 Å². The Morgan fingerprint density at radius 2 is 1.83 bits per heavy atom. The Labute approximate surface area is 178 Å². The van der Waals surface area contributed by atoms with Crippen LogP contribution < -0.4 is 15.4 Å². The lowest BCUT2D eigenvalue weighted by atomic mass is 10.2. The van der Waals surface area contributed by atoms with E-state index in [-0.39, 0.29) is 23.7 Å². The van der Waals surface area contributed by atoms with Crippen LogP contribution in [0.4, 0.5) is 0 Å². The minimum absolute atomic E-state index is 0.163. The number of ether oxygens (including phenoxy) is 2. The van der Waals surface area contributed by atoms with Crippen molar-refractivity contribution in [3.8, 4) is 5.75 Å². The molecular formula is C20H20Cl2N2O5. The standard InChI is InChI=1S/C20H20Cl2N2O5/c1-13-3-2-4-15(9-13)28-8-7-23-18(25)12-29-19(26)11-24-20(27)16-6-5-14(21)10-17(16)22/h2-6,9-10H,7-8,11-12H2,1H3,(H,23,25)(H,24,27). The molecule has 0 fully saturated rings. The van der Waals surface area contributed by atoms with Gasteiger partial charge >= 0.3 is 5.97 Å². The smallest absolute Gasteiger partial charge is 0.325 e. The van der Waals surface area contributed by atoms with E-state index in [1.165, 1.54) is 18.2 Å². The molecule has 29 heavy (non-hydrogen) atoms. The van der Waals surface area contributed by atoms with Gasteiger partial charge in [-0.25, -0.2) is 0 Å². The van der Waals surface area contributed by atoms with Gasteiger partial charge in [-0.3, -0.25) is 14.4 Å². The fourth-order valence-electron chi connectivity index (χ4n) is 2.23. The van der Waals surface area contributed by atoms with Gasteiger partial charge in [-0.2, -0.15) is 0 Å². The number of nitrogens with one attached hydrogen (secondary N) is 2. The third-order valence-corrected chi connectivity index (χ3v) is 4.16. The molecule has 2 aromatic carbocycles. The third kappa shape index (κ3) is 8.01. The number of rotatable bonds is 9. The monoisotopic (exact) mass is 438 g/mol. The first-order chi connectivity index (χ1) is 13.8.